The predicted octanol–water partition coefficient (Wildman–Crippen LogP) is 3.87. The van der Waals surface area contributed by atoms with Crippen LogP contribution in [-0.2, 0) is 25.5 Å². The number of amides is 2. The SMILES string of the molecule is CCCCc1ccc(N2C[C@H](C(=O)OCC(=O)Nc3ccccc3C)CC2=O)cc1. The van der Waals surface area contributed by atoms with Gasteiger partial charge < -0.3 is 15.0 Å². The summed E-state index contributed by atoms with van der Waals surface area (Å²) in [5.74, 6) is -1.60. The van der Waals surface area contributed by atoms with E-state index in [4.69, 9.17) is 4.74 Å². The maximum atomic E-state index is 12.4. The molecule has 0 aromatic heterocycles. The van der Waals surface area contributed by atoms with Crippen LogP contribution in [0.25, 0.3) is 0 Å². The standard InChI is InChI=1S/C24H28N2O4/c1-3-4-8-18-10-12-20(13-11-18)26-15-19(14-23(26)28)24(29)30-16-22(27)25-21-9-6-5-7-17(21)2/h5-7,9-13,19H,3-4,8,14-16H2,1-2H3,(H,25,27)/t19-/m1/s1. The fraction of sp³-hybridized carbons (Fsp3) is 0.375. The third-order valence-electron chi connectivity index (χ3n) is 5.29. The van der Waals surface area contributed by atoms with E-state index >= 15 is 0 Å². The molecule has 0 unspecified atom stereocenters. The molecule has 1 heterocycles. The minimum atomic E-state index is -0.566. The van der Waals surface area contributed by atoms with Crippen molar-refractivity contribution in [2.24, 2.45) is 5.92 Å². The van der Waals surface area contributed by atoms with E-state index in [1.165, 1.54) is 5.56 Å². The van der Waals surface area contributed by atoms with Crippen LogP contribution in [0.5, 0.6) is 0 Å². The topological polar surface area (TPSA) is 75.7 Å². The molecule has 0 spiro atoms. The van der Waals surface area contributed by atoms with Gasteiger partial charge >= 0.3 is 5.97 Å². The normalized spacial score (nSPS) is 15.9. The minimum Gasteiger partial charge on any atom is -0.455 e. The van der Waals surface area contributed by atoms with E-state index in [1.54, 1.807) is 11.0 Å². The van der Waals surface area contributed by atoms with Crippen LogP contribution in [0.4, 0.5) is 11.4 Å². The average molecular weight is 408 g/mol. The number of hydrogen-bond acceptors (Lipinski definition) is 4. The molecular formula is C24H28N2O4. The smallest absolute Gasteiger partial charge is 0.311 e. The van der Waals surface area contributed by atoms with Crippen LogP contribution < -0.4 is 10.2 Å². The molecule has 2 amide bonds. The number of carbonyl (C=O) groups excluding carboxylic acids is 3. The highest BCUT2D eigenvalue weighted by molar-refractivity contribution is 6.00. The number of anilines is 2. The highest BCUT2D eigenvalue weighted by Gasteiger charge is 2.36. The number of para-hydroxylation sites is 1. The zero-order valence-corrected chi connectivity index (χ0v) is 17.5. The molecule has 1 aliphatic heterocycles. The van der Waals surface area contributed by atoms with Gasteiger partial charge in [0.05, 0.1) is 5.92 Å². The first kappa shape index (κ1) is 21.6. The van der Waals surface area contributed by atoms with Crippen LogP contribution in [0.2, 0.25) is 0 Å². The van der Waals surface area contributed by atoms with E-state index < -0.39 is 17.8 Å². The van der Waals surface area contributed by atoms with E-state index in [1.807, 2.05) is 49.4 Å². The van der Waals surface area contributed by atoms with Gasteiger partial charge in [0, 0.05) is 24.3 Å². The number of aryl methyl sites for hydroxylation is 2. The summed E-state index contributed by atoms with van der Waals surface area (Å²) in [7, 11) is 0. The summed E-state index contributed by atoms with van der Waals surface area (Å²) in [6.07, 6.45) is 3.38. The molecule has 6 nitrogen and oxygen atoms in total. The van der Waals surface area contributed by atoms with Crippen molar-refractivity contribution in [1.29, 1.82) is 0 Å². The number of nitrogens with zero attached hydrogens (tertiary/aromatic N) is 1. The summed E-state index contributed by atoms with van der Waals surface area (Å²) < 4.78 is 5.17. The van der Waals surface area contributed by atoms with Crippen LogP contribution in [-0.4, -0.2) is 30.9 Å². The van der Waals surface area contributed by atoms with E-state index in [9.17, 15) is 14.4 Å². The van der Waals surface area contributed by atoms with Gasteiger partial charge in [-0.3, -0.25) is 14.4 Å². The molecule has 3 rings (SSSR count). The van der Waals surface area contributed by atoms with Gasteiger partial charge in [0.1, 0.15) is 0 Å². The van der Waals surface area contributed by atoms with Gasteiger partial charge in [0.15, 0.2) is 6.61 Å². The fourth-order valence-electron chi connectivity index (χ4n) is 3.49. The van der Waals surface area contributed by atoms with E-state index in [0.717, 1.165) is 30.5 Å². The maximum absolute atomic E-state index is 12.4. The molecule has 1 saturated heterocycles. The lowest BCUT2D eigenvalue weighted by Crippen LogP contribution is -2.28. The van der Waals surface area contributed by atoms with E-state index in [0.29, 0.717) is 5.69 Å². The number of hydrogen-bond donors (Lipinski definition) is 1. The van der Waals surface area contributed by atoms with Crippen molar-refractivity contribution < 1.29 is 19.1 Å². The van der Waals surface area contributed by atoms with Gasteiger partial charge in [-0.1, -0.05) is 43.7 Å². The van der Waals surface area contributed by atoms with Crippen molar-refractivity contribution in [1.82, 2.24) is 0 Å². The highest BCUT2D eigenvalue weighted by Crippen LogP contribution is 2.26. The molecule has 1 fully saturated rings. The van der Waals surface area contributed by atoms with Crippen LogP contribution in [0.3, 0.4) is 0 Å². The zero-order valence-electron chi connectivity index (χ0n) is 17.5. The van der Waals surface area contributed by atoms with Crippen molar-refractivity contribution in [3.8, 4) is 0 Å². The summed E-state index contributed by atoms with van der Waals surface area (Å²) in [5.41, 5.74) is 3.63. The molecule has 6 heteroatoms. The second kappa shape index (κ2) is 10.1. The number of esters is 1. The Morgan fingerprint density at radius 2 is 1.87 bits per heavy atom. The first-order chi connectivity index (χ1) is 14.5. The molecule has 2 aromatic carbocycles. The monoisotopic (exact) mass is 408 g/mol. The molecule has 158 valence electrons. The Kier molecular flexibility index (Phi) is 7.22. The molecule has 30 heavy (non-hydrogen) atoms. The fourth-order valence-corrected chi connectivity index (χ4v) is 3.49. The Bertz CT molecular complexity index is 908. The molecule has 1 N–H and O–H groups in total. The van der Waals surface area contributed by atoms with Gasteiger partial charge in [-0.05, 0) is 49.1 Å². The Balaban J connectivity index is 1.51. The second-order valence-electron chi connectivity index (χ2n) is 7.65. The van der Waals surface area contributed by atoms with Gasteiger partial charge in [0.2, 0.25) is 5.91 Å². The zero-order chi connectivity index (χ0) is 21.5. The molecule has 0 bridgehead atoms. The minimum absolute atomic E-state index is 0.0931. The molecular weight excluding hydrogens is 380 g/mol. The highest BCUT2D eigenvalue weighted by atomic mass is 16.5. The van der Waals surface area contributed by atoms with Gasteiger partial charge in [-0.15, -0.1) is 0 Å². The Morgan fingerprint density at radius 3 is 2.57 bits per heavy atom. The average Bonchev–Trinajstić information content (AvgIpc) is 3.14. The Morgan fingerprint density at radius 1 is 1.13 bits per heavy atom. The number of unbranched alkanes of at least 4 members (excludes halogenated alkanes) is 1. The van der Waals surface area contributed by atoms with Crippen LogP contribution in [0, 0.1) is 12.8 Å². The van der Waals surface area contributed by atoms with E-state index in [-0.39, 0.29) is 25.5 Å². The molecule has 0 aliphatic carbocycles. The quantitative estimate of drug-likeness (QED) is 0.673. The van der Waals surface area contributed by atoms with Crippen LogP contribution in [0.1, 0.15) is 37.3 Å². The third kappa shape index (κ3) is 5.47. The lowest BCUT2D eigenvalue weighted by molar-refractivity contribution is -0.151. The van der Waals surface area contributed by atoms with Gasteiger partial charge in [0.25, 0.3) is 5.91 Å². The maximum Gasteiger partial charge on any atom is 0.311 e. The van der Waals surface area contributed by atoms with Crippen molar-refractivity contribution in [3.05, 3.63) is 59.7 Å². The molecule has 0 radical (unpaired) electrons. The lowest BCUT2D eigenvalue weighted by Gasteiger charge is -2.17. The molecule has 0 saturated carbocycles. The predicted molar refractivity (Wildman–Crippen MR) is 116 cm³/mol. The first-order valence-electron chi connectivity index (χ1n) is 10.4. The van der Waals surface area contributed by atoms with Gasteiger partial charge in [-0.2, -0.15) is 0 Å². The van der Waals surface area contributed by atoms with Crippen molar-refractivity contribution >= 4 is 29.2 Å². The molecule has 1 aliphatic rings. The first-order valence-corrected chi connectivity index (χ1v) is 10.4. The second-order valence-corrected chi connectivity index (χ2v) is 7.65. The number of nitrogens with one attached hydrogen (secondary N) is 1. The largest absolute Gasteiger partial charge is 0.455 e. The van der Waals surface area contributed by atoms with Gasteiger partial charge in [-0.25, -0.2) is 0 Å². The number of rotatable bonds is 8. The number of ether oxygens (including phenoxy) is 1. The third-order valence-corrected chi connectivity index (χ3v) is 5.29. The van der Waals surface area contributed by atoms with E-state index in [2.05, 4.69) is 12.2 Å². The molecule has 2 aromatic rings. The summed E-state index contributed by atoms with van der Waals surface area (Å²) in [6.45, 7) is 3.94. The molecule has 1 atom stereocenters. The summed E-state index contributed by atoms with van der Waals surface area (Å²) in [4.78, 5) is 38.5. The van der Waals surface area contributed by atoms with Crippen molar-refractivity contribution in [2.75, 3.05) is 23.4 Å². The van der Waals surface area contributed by atoms with Crippen LogP contribution in [0.15, 0.2) is 48.5 Å². The number of carbonyl (C=O) groups is 3. The summed E-state index contributed by atoms with van der Waals surface area (Å²) in [5, 5.41) is 2.73. The van der Waals surface area contributed by atoms with Crippen molar-refractivity contribution in [2.45, 2.75) is 39.5 Å². The summed E-state index contributed by atoms with van der Waals surface area (Å²) >= 11 is 0. The summed E-state index contributed by atoms with van der Waals surface area (Å²) in [6, 6.07) is 15.3. The van der Waals surface area contributed by atoms with Crippen LogP contribution >= 0.6 is 0 Å². The Labute approximate surface area is 177 Å². The lowest BCUT2D eigenvalue weighted by atomic mass is 10.1. The number of benzene rings is 2. The van der Waals surface area contributed by atoms with Crippen molar-refractivity contribution in [3.63, 3.8) is 0 Å². The Hall–Kier alpha value is -3.15.